The Morgan fingerprint density at radius 1 is 0.304 bits per heavy atom. The largest absolute Gasteiger partial charge is 0.462 e. The molecule has 0 aromatic heterocycles. The average molecular weight is 962 g/mol. The van der Waals surface area contributed by atoms with Gasteiger partial charge in [0.15, 0.2) is 6.10 Å². The molecule has 0 spiro atoms. The Balaban J connectivity index is 4.48. The first-order valence-corrected chi connectivity index (χ1v) is 29.1. The van der Waals surface area contributed by atoms with E-state index in [9.17, 15) is 14.4 Å². The molecule has 1 atom stereocenters. The maximum atomic E-state index is 12.8. The Morgan fingerprint density at radius 3 is 0.942 bits per heavy atom. The third-order valence-corrected chi connectivity index (χ3v) is 12.4. The standard InChI is InChI=1S/C63H108O6/c1-4-7-10-13-16-19-22-25-28-31-33-35-38-41-44-47-50-53-56-62(65)68-59-60(58-67-61(64)55-52-49-46-43-40-37-34-30-27-24-21-18-15-12-9-6-3)69-63(66)57-54-51-48-45-42-39-36-32-29-26-23-20-17-14-11-8-5-2/h9,12,18,21,26-27,29-30,33,35-36,39,45,48,60H,4-8,10-11,13-17,19-20,22-25,28,31-32,34,37-38,40-44,46-47,49-59H2,1-3H3/b12-9-,21-18-,29-26-,30-27-,35-33-,39-36-,48-45-. The molecule has 0 aromatic rings. The molecule has 1 unspecified atom stereocenters. The van der Waals surface area contributed by atoms with Crippen molar-refractivity contribution in [1.29, 1.82) is 0 Å². The minimum Gasteiger partial charge on any atom is -0.462 e. The van der Waals surface area contributed by atoms with Crippen molar-refractivity contribution in [1.82, 2.24) is 0 Å². The van der Waals surface area contributed by atoms with E-state index in [2.05, 4.69) is 106 Å². The topological polar surface area (TPSA) is 78.9 Å². The Hall–Kier alpha value is -3.41. The van der Waals surface area contributed by atoms with Crippen LogP contribution in [-0.2, 0) is 28.6 Å². The lowest BCUT2D eigenvalue weighted by atomic mass is 10.1. The van der Waals surface area contributed by atoms with Crippen LogP contribution in [-0.4, -0.2) is 37.2 Å². The van der Waals surface area contributed by atoms with Gasteiger partial charge in [-0.1, -0.05) is 234 Å². The van der Waals surface area contributed by atoms with E-state index < -0.39 is 6.10 Å². The summed E-state index contributed by atoms with van der Waals surface area (Å²) in [5, 5.41) is 0. The smallest absolute Gasteiger partial charge is 0.306 e. The molecule has 0 saturated carbocycles. The summed E-state index contributed by atoms with van der Waals surface area (Å²) in [6.07, 6.45) is 74.4. The van der Waals surface area contributed by atoms with E-state index in [4.69, 9.17) is 14.2 Å². The molecule has 0 aromatic carbocycles. The molecular formula is C63H108O6. The first kappa shape index (κ1) is 65.6. The van der Waals surface area contributed by atoms with Crippen LogP contribution in [0.2, 0.25) is 0 Å². The third kappa shape index (κ3) is 55.4. The molecule has 0 aliphatic carbocycles. The molecule has 0 fully saturated rings. The molecular weight excluding hydrogens is 853 g/mol. The summed E-state index contributed by atoms with van der Waals surface area (Å²) in [4.78, 5) is 38.2. The van der Waals surface area contributed by atoms with Crippen molar-refractivity contribution >= 4 is 17.9 Å². The molecule has 0 N–H and O–H groups in total. The highest BCUT2D eigenvalue weighted by atomic mass is 16.6. The fourth-order valence-corrected chi connectivity index (χ4v) is 8.00. The van der Waals surface area contributed by atoms with Crippen molar-refractivity contribution in [2.24, 2.45) is 0 Å². The predicted molar refractivity (Wildman–Crippen MR) is 297 cm³/mol. The third-order valence-electron chi connectivity index (χ3n) is 12.4. The molecule has 0 saturated heterocycles. The second-order valence-corrected chi connectivity index (χ2v) is 19.2. The molecule has 0 aliphatic rings. The zero-order valence-electron chi connectivity index (χ0n) is 45.3. The maximum absolute atomic E-state index is 12.8. The van der Waals surface area contributed by atoms with Crippen LogP contribution >= 0.6 is 0 Å². The monoisotopic (exact) mass is 961 g/mol. The first-order valence-electron chi connectivity index (χ1n) is 29.1. The van der Waals surface area contributed by atoms with Gasteiger partial charge in [-0.15, -0.1) is 0 Å². The van der Waals surface area contributed by atoms with Gasteiger partial charge in [0.2, 0.25) is 0 Å². The van der Waals surface area contributed by atoms with E-state index in [1.165, 1.54) is 135 Å². The zero-order valence-corrected chi connectivity index (χ0v) is 45.3. The van der Waals surface area contributed by atoms with Crippen molar-refractivity contribution in [2.75, 3.05) is 13.2 Å². The van der Waals surface area contributed by atoms with Gasteiger partial charge in [0.25, 0.3) is 0 Å². The summed E-state index contributed by atoms with van der Waals surface area (Å²) in [5.74, 6) is -0.973. The second-order valence-electron chi connectivity index (χ2n) is 19.2. The Kier molecular flexibility index (Phi) is 54.3. The number of esters is 3. The van der Waals surface area contributed by atoms with Crippen LogP contribution in [0, 0.1) is 0 Å². The van der Waals surface area contributed by atoms with Gasteiger partial charge in [-0.2, -0.15) is 0 Å². The van der Waals surface area contributed by atoms with Crippen LogP contribution in [0.5, 0.6) is 0 Å². The highest BCUT2D eigenvalue weighted by Crippen LogP contribution is 2.14. The summed E-state index contributed by atoms with van der Waals surface area (Å²) in [6.45, 7) is 6.48. The summed E-state index contributed by atoms with van der Waals surface area (Å²) < 4.78 is 16.8. The molecule has 396 valence electrons. The molecule has 0 bridgehead atoms. The van der Waals surface area contributed by atoms with Crippen LogP contribution in [0.4, 0.5) is 0 Å². The molecule has 6 heteroatoms. The maximum Gasteiger partial charge on any atom is 0.306 e. The normalized spacial score (nSPS) is 12.7. The number of hydrogen-bond acceptors (Lipinski definition) is 6. The summed E-state index contributed by atoms with van der Waals surface area (Å²) in [5.41, 5.74) is 0. The molecule has 6 nitrogen and oxygen atoms in total. The van der Waals surface area contributed by atoms with E-state index >= 15 is 0 Å². The van der Waals surface area contributed by atoms with Crippen LogP contribution in [0.25, 0.3) is 0 Å². The zero-order chi connectivity index (χ0) is 50.0. The van der Waals surface area contributed by atoms with Gasteiger partial charge in [0.05, 0.1) is 0 Å². The van der Waals surface area contributed by atoms with E-state index in [1.54, 1.807) is 0 Å². The molecule has 69 heavy (non-hydrogen) atoms. The summed E-state index contributed by atoms with van der Waals surface area (Å²) in [6, 6.07) is 0. The number of unbranched alkanes of at least 4 members (excludes halogenated alkanes) is 27. The first-order chi connectivity index (χ1) is 34.0. The Bertz CT molecular complexity index is 1330. The number of allylic oxidation sites excluding steroid dienone is 14. The highest BCUT2D eigenvalue weighted by molar-refractivity contribution is 5.71. The fourth-order valence-electron chi connectivity index (χ4n) is 8.00. The van der Waals surface area contributed by atoms with Gasteiger partial charge in [0, 0.05) is 19.3 Å². The average Bonchev–Trinajstić information content (AvgIpc) is 3.35. The predicted octanol–water partition coefficient (Wildman–Crippen LogP) is 19.5. The van der Waals surface area contributed by atoms with Crippen molar-refractivity contribution in [3.05, 3.63) is 85.1 Å². The van der Waals surface area contributed by atoms with Gasteiger partial charge < -0.3 is 14.2 Å². The SMILES string of the molecule is CC/C=C\C/C=C\C/C=C\CCCCCCCCC(=O)OCC(COC(=O)CCCCCCC/C=C\CCCCCCCCCCC)OC(=O)CCC/C=C\C/C=C\C/C=C\CCCCCCCC. The van der Waals surface area contributed by atoms with E-state index in [0.717, 1.165) is 96.3 Å². The van der Waals surface area contributed by atoms with Crippen LogP contribution < -0.4 is 0 Å². The molecule has 0 aliphatic heterocycles. The van der Waals surface area contributed by atoms with E-state index in [-0.39, 0.29) is 37.5 Å². The number of carbonyl (C=O) groups excluding carboxylic acids is 3. The van der Waals surface area contributed by atoms with Crippen molar-refractivity contribution in [2.45, 2.75) is 284 Å². The van der Waals surface area contributed by atoms with E-state index in [1.807, 2.05) is 0 Å². The fraction of sp³-hybridized carbons (Fsp3) is 0.730. The second kappa shape index (κ2) is 57.2. The molecule has 0 radical (unpaired) electrons. The van der Waals surface area contributed by atoms with Crippen LogP contribution in [0.3, 0.4) is 0 Å². The number of ether oxygens (including phenoxy) is 3. The molecule has 0 amide bonds. The van der Waals surface area contributed by atoms with E-state index in [0.29, 0.717) is 19.3 Å². The molecule has 0 heterocycles. The summed E-state index contributed by atoms with van der Waals surface area (Å²) in [7, 11) is 0. The van der Waals surface area contributed by atoms with Gasteiger partial charge in [-0.05, 0) is 109 Å². The molecule has 0 rings (SSSR count). The van der Waals surface area contributed by atoms with Gasteiger partial charge in [0.1, 0.15) is 13.2 Å². The quantitative estimate of drug-likeness (QED) is 0.0262. The van der Waals surface area contributed by atoms with Crippen molar-refractivity contribution in [3.8, 4) is 0 Å². The minimum absolute atomic E-state index is 0.105. The number of carbonyl (C=O) groups is 3. The van der Waals surface area contributed by atoms with Crippen LogP contribution in [0.1, 0.15) is 278 Å². The summed E-state index contributed by atoms with van der Waals surface area (Å²) >= 11 is 0. The number of rotatable bonds is 52. The Labute approximate surface area is 426 Å². The lowest BCUT2D eigenvalue weighted by Gasteiger charge is -2.18. The van der Waals surface area contributed by atoms with Gasteiger partial charge in [-0.3, -0.25) is 14.4 Å². The highest BCUT2D eigenvalue weighted by Gasteiger charge is 2.19. The lowest BCUT2D eigenvalue weighted by molar-refractivity contribution is -0.167. The van der Waals surface area contributed by atoms with Crippen molar-refractivity contribution in [3.63, 3.8) is 0 Å². The Morgan fingerprint density at radius 2 is 0.580 bits per heavy atom. The van der Waals surface area contributed by atoms with Crippen molar-refractivity contribution < 1.29 is 28.6 Å². The van der Waals surface area contributed by atoms with Gasteiger partial charge >= 0.3 is 17.9 Å². The van der Waals surface area contributed by atoms with Crippen LogP contribution in [0.15, 0.2) is 85.1 Å². The minimum atomic E-state index is -0.813. The number of hydrogen-bond donors (Lipinski definition) is 0. The van der Waals surface area contributed by atoms with Gasteiger partial charge in [-0.25, -0.2) is 0 Å². The lowest BCUT2D eigenvalue weighted by Crippen LogP contribution is -2.30.